The van der Waals surface area contributed by atoms with Gasteiger partial charge in [-0.1, -0.05) is 0 Å². The van der Waals surface area contributed by atoms with E-state index in [4.69, 9.17) is 0 Å². The van der Waals surface area contributed by atoms with Crippen molar-refractivity contribution in [2.45, 2.75) is 38.4 Å². The summed E-state index contributed by atoms with van der Waals surface area (Å²) in [6.07, 6.45) is 1.07. The van der Waals surface area contributed by atoms with E-state index < -0.39 is 0 Å². The summed E-state index contributed by atoms with van der Waals surface area (Å²) in [7, 11) is 0. The van der Waals surface area contributed by atoms with Gasteiger partial charge in [-0.3, -0.25) is 0 Å². The Kier molecular flexibility index (Phi) is 2.15. The highest BCUT2D eigenvalue weighted by molar-refractivity contribution is 5.78. The van der Waals surface area contributed by atoms with Gasteiger partial charge in [0.25, 0.3) is 0 Å². The molecule has 0 bridgehead atoms. The predicted octanol–water partition coefficient (Wildman–Crippen LogP) is 0.150. The van der Waals surface area contributed by atoms with Crippen LogP contribution in [0.5, 0.6) is 0 Å². The van der Waals surface area contributed by atoms with Crippen LogP contribution in [0.4, 0.5) is 4.79 Å². The molecule has 0 saturated carbocycles. The molecule has 2 N–H and O–H groups in total. The van der Waals surface area contributed by atoms with Crippen molar-refractivity contribution in [1.29, 1.82) is 0 Å². The second kappa shape index (κ2) is 3.18. The fraction of sp³-hybridized carbons (Fsp3) is 0.889. The van der Waals surface area contributed by atoms with Crippen LogP contribution in [0.1, 0.15) is 20.3 Å². The normalized spacial score (nSPS) is 33.5. The molecule has 13 heavy (non-hydrogen) atoms. The van der Waals surface area contributed by atoms with Gasteiger partial charge in [-0.05, 0) is 26.8 Å². The number of piperidine rings is 1. The smallest absolute Gasteiger partial charge is 0.318 e. The number of rotatable bonds is 1. The standard InChI is InChI=1S/C9H17N3O/c1-6(2)12-8-3-4-10-5-7(8)11-9(12)13/h6-8,10H,3-5H2,1-2H3,(H,11,13). The van der Waals surface area contributed by atoms with E-state index in [1.807, 2.05) is 4.90 Å². The first-order chi connectivity index (χ1) is 6.20. The molecule has 2 rings (SSSR count). The van der Waals surface area contributed by atoms with Crippen LogP contribution in [-0.2, 0) is 0 Å². The third-order valence-corrected chi connectivity index (χ3v) is 2.90. The van der Waals surface area contributed by atoms with E-state index in [1.54, 1.807) is 0 Å². The fourth-order valence-corrected chi connectivity index (χ4v) is 2.33. The van der Waals surface area contributed by atoms with Crippen LogP contribution in [0.2, 0.25) is 0 Å². The third kappa shape index (κ3) is 1.39. The largest absolute Gasteiger partial charge is 0.332 e. The highest BCUT2D eigenvalue weighted by Crippen LogP contribution is 2.21. The molecule has 0 radical (unpaired) electrons. The Bertz CT molecular complexity index is 217. The van der Waals surface area contributed by atoms with E-state index in [0.717, 1.165) is 19.5 Å². The van der Waals surface area contributed by atoms with E-state index in [9.17, 15) is 4.79 Å². The van der Waals surface area contributed by atoms with Crippen LogP contribution in [0.3, 0.4) is 0 Å². The van der Waals surface area contributed by atoms with Crippen LogP contribution in [0.25, 0.3) is 0 Å². The lowest BCUT2D eigenvalue weighted by molar-refractivity contribution is 0.172. The molecule has 0 aromatic carbocycles. The summed E-state index contributed by atoms with van der Waals surface area (Å²) in [5, 5.41) is 6.31. The molecular formula is C9H17N3O. The molecule has 4 nitrogen and oxygen atoms in total. The van der Waals surface area contributed by atoms with Crippen LogP contribution in [0, 0.1) is 0 Å². The summed E-state index contributed by atoms with van der Waals surface area (Å²) < 4.78 is 0. The van der Waals surface area contributed by atoms with Gasteiger partial charge in [0.15, 0.2) is 0 Å². The van der Waals surface area contributed by atoms with Gasteiger partial charge < -0.3 is 15.5 Å². The van der Waals surface area contributed by atoms with Crippen LogP contribution >= 0.6 is 0 Å². The lowest BCUT2D eigenvalue weighted by Gasteiger charge is -2.32. The van der Waals surface area contributed by atoms with Gasteiger partial charge in [0.05, 0.1) is 12.1 Å². The van der Waals surface area contributed by atoms with E-state index in [1.165, 1.54) is 0 Å². The summed E-state index contributed by atoms with van der Waals surface area (Å²) in [4.78, 5) is 13.5. The third-order valence-electron chi connectivity index (χ3n) is 2.90. The highest BCUT2D eigenvalue weighted by Gasteiger charge is 2.41. The first-order valence-electron chi connectivity index (χ1n) is 4.99. The maximum atomic E-state index is 11.6. The van der Waals surface area contributed by atoms with Crippen molar-refractivity contribution in [3.8, 4) is 0 Å². The molecule has 0 aromatic heterocycles. The van der Waals surface area contributed by atoms with Gasteiger partial charge in [0.2, 0.25) is 0 Å². The van der Waals surface area contributed by atoms with Crippen molar-refractivity contribution in [2.24, 2.45) is 0 Å². The number of nitrogens with zero attached hydrogens (tertiary/aromatic N) is 1. The quantitative estimate of drug-likeness (QED) is 0.608. The zero-order valence-corrected chi connectivity index (χ0v) is 8.21. The van der Waals surface area contributed by atoms with Gasteiger partial charge >= 0.3 is 6.03 Å². The monoisotopic (exact) mass is 183 g/mol. The molecule has 0 aliphatic carbocycles. The molecule has 0 spiro atoms. The second-order valence-electron chi connectivity index (χ2n) is 4.12. The number of hydrogen-bond acceptors (Lipinski definition) is 2. The van der Waals surface area contributed by atoms with Crippen molar-refractivity contribution >= 4 is 6.03 Å². The van der Waals surface area contributed by atoms with Crippen LogP contribution < -0.4 is 10.6 Å². The molecule has 2 atom stereocenters. The summed E-state index contributed by atoms with van der Waals surface area (Å²) in [6, 6.07) is 1.15. The number of fused-ring (bicyclic) bond motifs is 1. The molecule has 2 heterocycles. The summed E-state index contributed by atoms with van der Waals surface area (Å²) in [5.74, 6) is 0. The molecule has 2 amide bonds. The Labute approximate surface area is 78.7 Å². The van der Waals surface area contributed by atoms with Crippen molar-refractivity contribution < 1.29 is 4.79 Å². The Morgan fingerprint density at radius 1 is 1.54 bits per heavy atom. The van der Waals surface area contributed by atoms with Gasteiger partial charge in [-0.2, -0.15) is 0 Å². The average molecular weight is 183 g/mol. The topological polar surface area (TPSA) is 44.4 Å². The average Bonchev–Trinajstić information content (AvgIpc) is 2.39. The Balaban J connectivity index is 2.13. The number of carbonyl (C=O) groups excluding carboxylic acids is 1. The number of urea groups is 1. The lowest BCUT2D eigenvalue weighted by Crippen LogP contribution is -2.50. The first-order valence-corrected chi connectivity index (χ1v) is 4.99. The molecule has 2 unspecified atom stereocenters. The van der Waals surface area contributed by atoms with E-state index in [2.05, 4.69) is 24.5 Å². The molecule has 74 valence electrons. The minimum Gasteiger partial charge on any atom is -0.332 e. The Hall–Kier alpha value is -0.770. The van der Waals surface area contributed by atoms with E-state index in [-0.39, 0.29) is 6.03 Å². The van der Waals surface area contributed by atoms with E-state index in [0.29, 0.717) is 18.1 Å². The summed E-state index contributed by atoms with van der Waals surface area (Å²) in [6.45, 7) is 6.09. The fourth-order valence-electron chi connectivity index (χ4n) is 2.33. The first kappa shape index (κ1) is 8.81. The molecular weight excluding hydrogens is 166 g/mol. The van der Waals surface area contributed by atoms with Crippen LogP contribution in [0.15, 0.2) is 0 Å². The number of carbonyl (C=O) groups is 1. The molecule has 2 fully saturated rings. The van der Waals surface area contributed by atoms with Gasteiger partial charge in [0, 0.05) is 12.6 Å². The summed E-state index contributed by atoms with van der Waals surface area (Å²) >= 11 is 0. The Morgan fingerprint density at radius 2 is 2.31 bits per heavy atom. The maximum Gasteiger partial charge on any atom is 0.318 e. The molecule has 2 aliphatic heterocycles. The number of amides is 2. The maximum absolute atomic E-state index is 11.6. The number of nitrogens with one attached hydrogen (secondary N) is 2. The Morgan fingerprint density at radius 3 is 3.00 bits per heavy atom. The SMILES string of the molecule is CC(C)N1C(=O)NC2CNCCC21. The predicted molar refractivity (Wildman–Crippen MR) is 50.6 cm³/mol. The van der Waals surface area contributed by atoms with Crippen molar-refractivity contribution in [3.63, 3.8) is 0 Å². The molecule has 0 aromatic rings. The van der Waals surface area contributed by atoms with Gasteiger partial charge in [-0.15, -0.1) is 0 Å². The minimum atomic E-state index is 0.105. The van der Waals surface area contributed by atoms with Crippen molar-refractivity contribution in [1.82, 2.24) is 15.5 Å². The second-order valence-corrected chi connectivity index (χ2v) is 4.12. The zero-order chi connectivity index (χ0) is 9.42. The van der Waals surface area contributed by atoms with Gasteiger partial charge in [-0.25, -0.2) is 4.79 Å². The number of hydrogen-bond donors (Lipinski definition) is 2. The summed E-state index contributed by atoms with van der Waals surface area (Å²) in [5.41, 5.74) is 0. The van der Waals surface area contributed by atoms with Crippen molar-refractivity contribution in [3.05, 3.63) is 0 Å². The highest BCUT2D eigenvalue weighted by atomic mass is 16.2. The van der Waals surface area contributed by atoms with E-state index >= 15 is 0 Å². The van der Waals surface area contributed by atoms with Gasteiger partial charge in [0.1, 0.15) is 0 Å². The van der Waals surface area contributed by atoms with Crippen molar-refractivity contribution in [2.75, 3.05) is 13.1 Å². The molecule has 4 heteroatoms. The molecule has 2 saturated heterocycles. The van der Waals surface area contributed by atoms with Crippen LogP contribution in [-0.4, -0.2) is 42.1 Å². The minimum absolute atomic E-state index is 0.105. The zero-order valence-electron chi connectivity index (χ0n) is 8.21. The lowest BCUT2D eigenvalue weighted by atomic mass is 10.0. The molecule has 2 aliphatic rings.